The number of likely N-dealkylation sites (tertiary alicyclic amines) is 2. The van der Waals surface area contributed by atoms with Crippen LogP contribution in [-0.2, 0) is 24.9 Å². The number of hydrogen-bond acceptors (Lipinski definition) is 5. The lowest BCUT2D eigenvalue weighted by atomic mass is 9.93. The summed E-state index contributed by atoms with van der Waals surface area (Å²) in [7, 11) is 1.92. The summed E-state index contributed by atoms with van der Waals surface area (Å²) in [5.74, 6) is 0.293. The third-order valence-electron chi connectivity index (χ3n) is 6.59. The van der Waals surface area contributed by atoms with Gasteiger partial charge in [-0.2, -0.15) is 5.10 Å². The number of rotatable bonds is 6. The van der Waals surface area contributed by atoms with Crippen LogP contribution in [0.1, 0.15) is 42.5 Å². The third-order valence-corrected chi connectivity index (χ3v) is 6.59. The summed E-state index contributed by atoms with van der Waals surface area (Å²) in [6.45, 7) is 7.80. The van der Waals surface area contributed by atoms with Gasteiger partial charge in [-0.3, -0.25) is 24.3 Å². The van der Waals surface area contributed by atoms with Crippen LogP contribution in [0.2, 0.25) is 0 Å². The lowest BCUT2D eigenvalue weighted by Gasteiger charge is -2.42. The fraction of sp³-hybridized carbons (Fsp3) is 0.609. The number of nitrogens with zero attached hydrogens (tertiary/aromatic N) is 5. The summed E-state index contributed by atoms with van der Waals surface area (Å²) in [6.07, 6.45) is 10.3. The van der Waals surface area contributed by atoms with Crippen LogP contribution in [0.5, 0.6) is 0 Å². The van der Waals surface area contributed by atoms with Crippen LogP contribution in [0.25, 0.3) is 0 Å². The smallest absolute Gasteiger partial charge is 0.224 e. The van der Waals surface area contributed by atoms with Crippen LogP contribution in [0, 0.1) is 12.8 Å². The molecule has 7 heteroatoms. The van der Waals surface area contributed by atoms with Gasteiger partial charge in [0.05, 0.1) is 11.6 Å². The van der Waals surface area contributed by atoms with Crippen LogP contribution in [-0.4, -0.2) is 62.7 Å². The second kappa shape index (κ2) is 9.71. The van der Waals surface area contributed by atoms with E-state index in [4.69, 9.17) is 0 Å². The summed E-state index contributed by atoms with van der Waals surface area (Å²) in [5, 5.41) is 7.50. The molecule has 0 spiro atoms. The molecular formula is C23H34N6O. The molecule has 2 saturated heterocycles. The summed E-state index contributed by atoms with van der Waals surface area (Å²) in [6, 6.07) is 4.77. The summed E-state index contributed by atoms with van der Waals surface area (Å²) < 4.78 is 1.81. The van der Waals surface area contributed by atoms with Gasteiger partial charge < -0.3 is 5.32 Å². The molecule has 1 N–H and O–H groups in total. The minimum Gasteiger partial charge on any atom is -0.352 e. The highest BCUT2D eigenvalue weighted by Crippen LogP contribution is 2.25. The Morgan fingerprint density at radius 2 is 2.07 bits per heavy atom. The van der Waals surface area contributed by atoms with E-state index in [1.165, 1.54) is 18.4 Å². The average molecular weight is 411 g/mol. The number of pyridine rings is 1. The van der Waals surface area contributed by atoms with Crippen molar-refractivity contribution >= 4 is 5.91 Å². The highest BCUT2D eigenvalue weighted by Gasteiger charge is 2.31. The number of aromatic nitrogens is 3. The zero-order chi connectivity index (χ0) is 20.9. The first kappa shape index (κ1) is 21.0. The molecule has 0 aliphatic carbocycles. The third kappa shape index (κ3) is 5.26. The van der Waals surface area contributed by atoms with E-state index in [0.29, 0.717) is 12.6 Å². The number of nitrogens with one attached hydrogen (secondary N) is 1. The standard InChI is InChI=1S/C23H34N6O/c1-18-21(16-27(2)26-18)14-25-23(30)20-6-4-10-29(17-20)22-7-11-28(12-8-22)15-19-5-3-9-24-13-19/h3,5,9,13,16,20,22H,4,6-8,10-12,14-15,17H2,1-2H3,(H,25,30)/t20-/m0/s1. The molecule has 4 heterocycles. The van der Waals surface area contributed by atoms with Crippen molar-refractivity contribution in [3.63, 3.8) is 0 Å². The molecule has 0 unspecified atom stereocenters. The second-order valence-corrected chi connectivity index (χ2v) is 8.83. The Hall–Kier alpha value is -2.25. The lowest BCUT2D eigenvalue weighted by molar-refractivity contribution is -0.127. The maximum absolute atomic E-state index is 12.8. The highest BCUT2D eigenvalue weighted by atomic mass is 16.1. The Kier molecular flexibility index (Phi) is 6.79. The van der Waals surface area contributed by atoms with Crippen molar-refractivity contribution in [3.05, 3.63) is 47.5 Å². The maximum atomic E-state index is 12.8. The zero-order valence-electron chi connectivity index (χ0n) is 18.3. The molecule has 7 nitrogen and oxygen atoms in total. The minimum atomic E-state index is 0.101. The molecule has 0 radical (unpaired) electrons. The molecule has 4 rings (SSSR count). The van der Waals surface area contributed by atoms with Crippen molar-refractivity contribution in [1.29, 1.82) is 0 Å². The molecule has 2 aromatic heterocycles. The highest BCUT2D eigenvalue weighted by molar-refractivity contribution is 5.79. The number of hydrogen-bond donors (Lipinski definition) is 1. The quantitative estimate of drug-likeness (QED) is 0.790. The van der Waals surface area contributed by atoms with Gasteiger partial charge in [-0.25, -0.2) is 0 Å². The van der Waals surface area contributed by atoms with E-state index in [2.05, 4.69) is 31.3 Å². The van der Waals surface area contributed by atoms with Crippen molar-refractivity contribution < 1.29 is 4.79 Å². The molecule has 2 aromatic rings. The van der Waals surface area contributed by atoms with Gasteiger partial charge in [-0.1, -0.05) is 6.07 Å². The van der Waals surface area contributed by atoms with E-state index in [1.807, 2.05) is 38.6 Å². The summed E-state index contributed by atoms with van der Waals surface area (Å²) in [4.78, 5) is 22.1. The van der Waals surface area contributed by atoms with E-state index < -0.39 is 0 Å². The first-order valence-corrected chi connectivity index (χ1v) is 11.2. The van der Waals surface area contributed by atoms with Crippen LogP contribution in [0.3, 0.4) is 0 Å². The Morgan fingerprint density at radius 1 is 1.23 bits per heavy atom. The van der Waals surface area contributed by atoms with E-state index >= 15 is 0 Å². The number of carbonyl (C=O) groups excluding carboxylic acids is 1. The van der Waals surface area contributed by atoms with Crippen molar-refractivity contribution in [2.45, 2.75) is 51.7 Å². The van der Waals surface area contributed by atoms with Crippen LogP contribution < -0.4 is 5.32 Å². The molecule has 1 amide bonds. The summed E-state index contributed by atoms with van der Waals surface area (Å²) in [5.41, 5.74) is 3.37. The van der Waals surface area contributed by atoms with Crippen LogP contribution in [0.15, 0.2) is 30.7 Å². The number of carbonyl (C=O) groups is 1. The molecule has 0 saturated carbocycles. The van der Waals surface area contributed by atoms with Gasteiger partial charge in [0, 0.05) is 56.9 Å². The average Bonchev–Trinajstić information content (AvgIpc) is 3.10. The van der Waals surface area contributed by atoms with E-state index in [9.17, 15) is 4.79 Å². The SMILES string of the molecule is Cc1nn(C)cc1CNC(=O)[C@H]1CCCN(C2CCN(Cc3cccnc3)CC2)C1. The molecule has 1 atom stereocenters. The van der Waals surface area contributed by atoms with Gasteiger partial charge in [0.1, 0.15) is 0 Å². The largest absolute Gasteiger partial charge is 0.352 e. The fourth-order valence-electron chi connectivity index (χ4n) is 4.89. The minimum absolute atomic E-state index is 0.101. The Morgan fingerprint density at radius 3 is 2.77 bits per heavy atom. The van der Waals surface area contributed by atoms with E-state index in [0.717, 1.165) is 56.8 Å². The molecule has 0 aromatic carbocycles. The Labute approximate surface area is 179 Å². The first-order valence-electron chi connectivity index (χ1n) is 11.2. The van der Waals surface area contributed by atoms with Crippen molar-refractivity contribution in [1.82, 2.24) is 29.9 Å². The van der Waals surface area contributed by atoms with Gasteiger partial charge in [-0.05, 0) is 63.9 Å². The van der Waals surface area contributed by atoms with Gasteiger partial charge in [0.15, 0.2) is 0 Å². The van der Waals surface area contributed by atoms with E-state index in [-0.39, 0.29) is 11.8 Å². The lowest BCUT2D eigenvalue weighted by Crippen LogP contribution is -2.50. The summed E-state index contributed by atoms with van der Waals surface area (Å²) >= 11 is 0. The van der Waals surface area contributed by atoms with Crippen molar-refractivity contribution in [2.24, 2.45) is 13.0 Å². The van der Waals surface area contributed by atoms with Crippen LogP contribution >= 0.6 is 0 Å². The molecule has 0 bridgehead atoms. The number of aryl methyl sites for hydroxylation is 2. The zero-order valence-corrected chi connectivity index (χ0v) is 18.3. The molecule has 30 heavy (non-hydrogen) atoms. The van der Waals surface area contributed by atoms with Gasteiger partial charge in [0.2, 0.25) is 5.91 Å². The molecular weight excluding hydrogens is 376 g/mol. The maximum Gasteiger partial charge on any atom is 0.224 e. The first-order chi connectivity index (χ1) is 14.6. The van der Waals surface area contributed by atoms with Gasteiger partial charge in [-0.15, -0.1) is 0 Å². The Balaban J connectivity index is 1.24. The van der Waals surface area contributed by atoms with Gasteiger partial charge >= 0.3 is 0 Å². The molecule has 2 fully saturated rings. The molecule has 2 aliphatic heterocycles. The van der Waals surface area contributed by atoms with E-state index in [1.54, 1.807) is 4.68 Å². The van der Waals surface area contributed by atoms with Crippen molar-refractivity contribution in [3.8, 4) is 0 Å². The predicted octanol–water partition coefficient (Wildman–Crippen LogP) is 2.12. The van der Waals surface area contributed by atoms with Gasteiger partial charge in [0.25, 0.3) is 0 Å². The molecule has 162 valence electrons. The molecule has 2 aliphatic rings. The number of amides is 1. The second-order valence-electron chi connectivity index (χ2n) is 8.83. The fourth-order valence-corrected chi connectivity index (χ4v) is 4.89. The number of piperidine rings is 2. The normalized spacial score (nSPS) is 21.6. The predicted molar refractivity (Wildman–Crippen MR) is 117 cm³/mol. The van der Waals surface area contributed by atoms with Crippen LogP contribution in [0.4, 0.5) is 0 Å². The Bertz CT molecular complexity index is 827. The van der Waals surface area contributed by atoms with Crippen molar-refractivity contribution in [2.75, 3.05) is 26.2 Å². The monoisotopic (exact) mass is 410 g/mol. The topological polar surface area (TPSA) is 66.3 Å².